The molecule has 0 saturated heterocycles. The quantitative estimate of drug-likeness (QED) is 0.745. The highest BCUT2D eigenvalue weighted by Crippen LogP contribution is 2.10. The summed E-state index contributed by atoms with van der Waals surface area (Å²) in [7, 11) is 1.31. The van der Waals surface area contributed by atoms with Crippen molar-refractivity contribution in [3.05, 3.63) is 11.9 Å². The van der Waals surface area contributed by atoms with Crippen LogP contribution in [0.1, 0.15) is 10.5 Å². The first-order valence-corrected chi connectivity index (χ1v) is 5.48. The molecule has 78 valence electrons. The van der Waals surface area contributed by atoms with E-state index in [0.717, 1.165) is 12.3 Å². The molecule has 0 spiro atoms. The molecule has 5 nitrogen and oxygen atoms in total. The lowest BCUT2D eigenvalue weighted by atomic mass is 10.4. The molecular weight excluding hydrogens is 202 g/mol. The largest absolute Gasteiger partial charge is 0.464 e. The fourth-order valence-corrected chi connectivity index (χ4v) is 1.36. The summed E-state index contributed by atoms with van der Waals surface area (Å²) in [5.74, 6) is 0.437. The van der Waals surface area contributed by atoms with E-state index in [-0.39, 0.29) is 5.69 Å². The summed E-state index contributed by atoms with van der Waals surface area (Å²) < 4.78 is 6.19. The number of nitrogen functional groups attached to an aromatic ring is 1. The first kappa shape index (κ1) is 10.9. The van der Waals surface area contributed by atoms with E-state index in [1.165, 1.54) is 7.11 Å². The molecule has 0 aliphatic rings. The maximum atomic E-state index is 11.1. The van der Waals surface area contributed by atoms with Crippen molar-refractivity contribution < 1.29 is 9.53 Å². The summed E-state index contributed by atoms with van der Waals surface area (Å²) in [5.41, 5.74) is 6.15. The van der Waals surface area contributed by atoms with Crippen LogP contribution in [-0.2, 0) is 11.3 Å². The van der Waals surface area contributed by atoms with Gasteiger partial charge in [0, 0.05) is 11.9 Å². The summed E-state index contributed by atoms with van der Waals surface area (Å²) in [5, 5.41) is 4.02. The Hall–Kier alpha value is -1.17. The summed E-state index contributed by atoms with van der Waals surface area (Å²) in [6, 6.07) is 0. The molecule has 6 heteroatoms. The number of methoxy groups -OCH3 is 1. The molecule has 1 heterocycles. The summed E-state index contributed by atoms with van der Waals surface area (Å²) in [4.78, 5) is 11.1. The highest BCUT2D eigenvalue weighted by atomic mass is 32.2. The van der Waals surface area contributed by atoms with E-state index in [4.69, 9.17) is 5.73 Å². The van der Waals surface area contributed by atoms with Crippen molar-refractivity contribution in [2.24, 2.45) is 0 Å². The Morgan fingerprint density at radius 2 is 2.50 bits per heavy atom. The third-order valence-electron chi connectivity index (χ3n) is 1.69. The van der Waals surface area contributed by atoms with Crippen molar-refractivity contribution in [2.45, 2.75) is 6.54 Å². The molecule has 0 amide bonds. The van der Waals surface area contributed by atoms with Gasteiger partial charge in [0.15, 0.2) is 5.69 Å². The molecule has 0 atom stereocenters. The maximum absolute atomic E-state index is 11.1. The van der Waals surface area contributed by atoms with E-state index in [9.17, 15) is 4.79 Å². The van der Waals surface area contributed by atoms with Gasteiger partial charge in [0.1, 0.15) is 0 Å². The number of nitrogens with zero attached hydrogens (tertiary/aromatic N) is 2. The first-order chi connectivity index (χ1) is 6.69. The van der Waals surface area contributed by atoms with E-state index in [1.807, 2.05) is 6.26 Å². The van der Waals surface area contributed by atoms with Gasteiger partial charge in [-0.3, -0.25) is 4.68 Å². The van der Waals surface area contributed by atoms with E-state index >= 15 is 0 Å². The molecule has 1 aromatic heterocycles. The number of anilines is 1. The number of ether oxygens (including phenoxy) is 1. The second kappa shape index (κ2) is 4.90. The fourth-order valence-electron chi connectivity index (χ4n) is 0.991. The van der Waals surface area contributed by atoms with E-state index in [2.05, 4.69) is 9.84 Å². The maximum Gasteiger partial charge on any atom is 0.360 e. The van der Waals surface area contributed by atoms with Crippen LogP contribution in [0, 0.1) is 0 Å². The lowest BCUT2D eigenvalue weighted by Crippen LogP contribution is -2.07. The minimum absolute atomic E-state index is 0.189. The number of nitrogens with two attached hydrogens (primary N) is 1. The van der Waals surface area contributed by atoms with Crippen molar-refractivity contribution >= 4 is 23.4 Å². The smallest absolute Gasteiger partial charge is 0.360 e. The van der Waals surface area contributed by atoms with E-state index in [1.54, 1.807) is 22.6 Å². The van der Waals surface area contributed by atoms with Gasteiger partial charge >= 0.3 is 5.97 Å². The zero-order valence-electron chi connectivity index (χ0n) is 8.19. The molecular formula is C8H13N3O2S. The third kappa shape index (κ3) is 2.41. The number of esters is 1. The van der Waals surface area contributed by atoms with Gasteiger partial charge in [-0.1, -0.05) is 0 Å². The Morgan fingerprint density at radius 1 is 1.79 bits per heavy atom. The number of hydrogen-bond donors (Lipinski definition) is 1. The second-order valence-corrected chi connectivity index (χ2v) is 3.67. The van der Waals surface area contributed by atoms with Crippen molar-refractivity contribution in [3.8, 4) is 0 Å². The fraction of sp³-hybridized carbons (Fsp3) is 0.500. The van der Waals surface area contributed by atoms with Gasteiger partial charge in [0.25, 0.3) is 0 Å². The number of aryl methyl sites for hydroxylation is 1. The van der Waals surface area contributed by atoms with Crippen LogP contribution in [0.4, 0.5) is 5.69 Å². The van der Waals surface area contributed by atoms with Crippen LogP contribution in [0.2, 0.25) is 0 Å². The first-order valence-electron chi connectivity index (χ1n) is 4.09. The zero-order chi connectivity index (χ0) is 10.6. The van der Waals surface area contributed by atoms with Gasteiger partial charge in [0.05, 0.1) is 19.3 Å². The molecule has 1 rings (SSSR count). The molecule has 14 heavy (non-hydrogen) atoms. The summed E-state index contributed by atoms with van der Waals surface area (Å²) in [6.07, 6.45) is 3.65. The van der Waals surface area contributed by atoms with E-state index < -0.39 is 5.97 Å². The van der Waals surface area contributed by atoms with Gasteiger partial charge < -0.3 is 10.5 Å². The van der Waals surface area contributed by atoms with Crippen LogP contribution in [-0.4, -0.2) is 34.9 Å². The molecule has 0 aliphatic carbocycles. The predicted octanol–water partition coefficient (Wildman–Crippen LogP) is 0.615. The topological polar surface area (TPSA) is 70.1 Å². The van der Waals surface area contributed by atoms with Crippen molar-refractivity contribution in [1.82, 2.24) is 9.78 Å². The molecule has 2 N–H and O–H groups in total. The second-order valence-electron chi connectivity index (χ2n) is 2.68. The van der Waals surface area contributed by atoms with Gasteiger partial charge in [-0.05, 0) is 6.26 Å². The van der Waals surface area contributed by atoms with Gasteiger partial charge in [0.2, 0.25) is 0 Å². The molecule has 0 unspecified atom stereocenters. The summed E-state index contributed by atoms with van der Waals surface area (Å²) >= 11 is 1.71. The van der Waals surface area contributed by atoms with Crippen LogP contribution < -0.4 is 5.73 Å². The van der Waals surface area contributed by atoms with Gasteiger partial charge in [-0.25, -0.2) is 4.79 Å². The third-order valence-corrected chi connectivity index (χ3v) is 2.28. The van der Waals surface area contributed by atoms with Crippen LogP contribution in [0.25, 0.3) is 0 Å². The number of carbonyl (C=O) groups excluding carboxylic acids is 1. The number of carbonyl (C=O) groups is 1. The number of hydrogen-bond acceptors (Lipinski definition) is 5. The Labute approximate surface area is 86.6 Å². The molecule has 0 saturated carbocycles. The predicted molar refractivity (Wildman–Crippen MR) is 56.4 cm³/mol. The lowest BCUT2D eigenvalue weighted by molar-refractivity contribution is 0.0594. The molecule has 0 aromatic carbocycles. The Balaban J connectivity index is 2.77. The van der Waals surface area contributed by atoms with Crippen molar-refractivity contribution in [2.75, 3.05) is 24.9 Å². The number of aromatic nitrogens is 2. The Kier molecular flexibility index (Phi) is 3.82. The number of thioether (sulfide) groups is 1. The van der Waals surface area contributed by atoms with E-state index in [0.29, 0.717) is 5.69 Å². The highest BCUT2D eigenvalue weighted by Gasteiger charge is 2.14. The van der Waals surface area contributed by atoms with Crippen LogP contribution in [0.15, 0.2) is 6.20 Å². The van der Waals surface area contributed by atoms with Crippen LogP contribution >= 0.6 is 11.8 Å². The van der Waals surface area contributed by atoms with Gasteiger partial charge in [-0.15, -0.1) is 0 Å². The standard InChI is InChI=1S/C8H13N3O2S/c1-13-8(12)7-6(9)5-11(10-7)3-4-14-2/h5H,3-4,9H2,1-2H3. The SMILES string of the molecule is COC(=O)c1nn(CCSC)cc1N. The molecule has 0 fully saturated rings. The normalized spacial score (nSPS) is 10.1. The monoisotopic (exact) mass is 215 g/mol. The molecule has 1 aromatic rings. The number of rotatable bonds is 4. The lowest BCUT2D eigenvalue weighted by Gasteiger charge is -1.97. The summed E-state index contributed by atoms with van der Waals surface area (Å²) in [6.45, 7) is 0.738. The minimum Gasteiger partial charge on any atom is -0.464 e. The van der Waals surface area contributed by atoms with Crippen molar-refractivity contribution in [1.29, 1.82) is 0 Å². The zero-order valence-corrected chi connectivity index (χ0v) is 9.00. The average Bonchev–Trinajstić information content (AvgIpc) is 2.55. The Bertz CT molecular complexity index is 324. The van der Waals surface area contributed by atoms with Crippen LogP contribution in [0.5, 0.6) is 0 Å². The average molecular weight is 215 g/mol. The molecule has 0 bridgehead atoms. The van der Waals surface area contributed by atoms with Crippen LogP contribution in [0.3, 0.4) is 0 Å². The molecule has 0 aliphatic heterocycles. The highest BCUT2D eigenvalue weighted by molar-refractivity contribution is 7.98. The van der Waals surface area contributed by atoms with Gasteiger partial charge in [-0.2, -0.15) is 16.9 Å². The Morgan fingerprint density at radius 3 is 3.07 bits per heavy atom. The minimum atomic E-state index is -0.495. The van der Waals surface area contributed by atoms with Crippen molar-refractivity contribution in [3.63, 3.8) is 0 Å². The molecule has 0 radical (unpaired) electrons.